The van der Waals surface area contributed by atoms with E-state index in [9.17, 15) is 9.18 Å². The minimum Gasteiger partial charge on any atom is -0.360 e. The smallest absolute Gasteiger partial charge is 0.272 e. The molecule has 2 aromatic carbocycles. The number of aromatic nitrogens is 4. The molecule has 0 aliphatic rings. The second kappa shape index (κ2) is 8.60. The number of carbonyl (C=O) groups excluding carboxylic acids is 1. The highest BCUT2D eigenvalue weighted by molar-refractivity contribution is 6.35. The highest BCUT2D eigenvalue weighted by Gasteiger charge is 2.13. The lowest BCUT2D eigenvalue weighted by Gasteiger charge is -2.08. The van der Waals surface area contributed by atoms with Gasteiger partial charge >= 0.3 is 0 Å². The molecule has 6 nitrogen and oxygen atoms in total. The number of hydrogen-bond acceptors (Lipinski definition) is 4. The maximum atomic E-state index is 14.4. The van der Waals surface area contributed by atoms with E-state index in [-0.39, 0.29) is 12.2 Å². The van der Waals surface area contributed by atoms with E-state index in [1.807, 2.05) is 25.3 Å². The van der Waals surface area contributed by atoms with Gasteiger partial charge in [0, 0.05) is 40.8 Å². The van der Waals surface area contributed by atoms with Crippen molar-refractivity contribution >= 4 is 39.3 Å². The third-order valence-electron chi connectivity index (χ3n) is 5.47. The summed E-state index contributed by atoms with van der Waals surface area (Å²) in [5.74, 6) is -0.857. The number of aryl methyl sites for hydroxylation is 1. The van der Waals surface area contributed by atoms with Crippen molar-refractivity contribution in [1.82, 2.24) is 25.5 Å². The lowest BCUT2D eigenvalue weighted by atomic mass is 10.0. The number of fused-ring (bicyclic) bond motifs is 2. The normalized spacial score (nSPS) is 11.2. The van der Waals surface area contributed by atoms with E-state index in [0.29, 0.717) is 27.9 Å². The molecular weight excluding hydrogens is 441 g/mol. The first-order chi connectivity index (χ1) is 16.0. The molecular formula is C25H19ClFN5O. The fourth-order valence-corrected chi connectivity index (χ4v) is 4.02. The zero-order valence-electron chi connectivity index (χ0n) is 17.7. The van der Waals surface area contributed by atoms with Gasteiger partial charge in [0.25, 0.3) is 5.91 Å². The third-order valence-corrected chi connectivity index (χ3v) is 5.78. The lowest BCUT2D eigenvalue weighted by molar-refractivity contribution is 0.0944. The Balaban J connectivity index is 1.31. The van der Waals surface area contributed by atoms with Crippen molar-refractivity contribution in [3.05, 3.63) is 99.8 Å². The van der Waals surface area contributed by atoms with Crippen LogP contribution in [-0.2, 0) is 13.0 Å². The molecule has 0 unspecified atom stereocenters. The van der Waals surface area contributed by atoms with Crippen LogP contribution in [0.4, 0.5) is 4.39 Å². The molecule has 5 rings (SSSR count). The van der Waals surface area contributed by atoms with Crippen molar-refractivity contribution in [3.63, 3.8) is 0 Å². The topological polar surface area (TPSA) is 83.6 Å². The Bertz CT molecular complexity index is 1510. The maximum Gasteiger partial charge on any atom is 0.272 e. The molecule has 33 heavy (non-hydrogen) atoms. The molecule has 2 N–H and O–H groups in total. The lowest BCUT2D eigenvalue weighted by Crippen LogP contribution is -2.24. The van der Waals surface area contributed by atoms with Gasteiger partial charge < -0.3 is 10.3 Å². The molecule has 0 atom stereocenters. The van der Waals surface area contributed by atoms with Gasteiger partial charge in [0.2, 0.25) is 0 Å². The number of nitrogens with one attached hydrogen (secondary N) is 2. The number of halogens is 2. The van der Waals surface area contributed by atoms with Crippen LogP contribution in [0, 0.1) is 12.7 Å². The van der Waals surface area contributed by atoms with Crippen molar-refractivity contribution in [3.8, 4) is 0 Å². The van der Waals surface area contributed by atoms with Crippen LogP contribution in [0.5, 0.6) is 0 Å². The van der Waals surface area contributed by atoms with Gasteiger partial charge in [-0.25, -0.2) is 4.39 Å². The summed E-state index contributed by atoms with van der Waals surface area (Å²) in [6.07, 6.45) is 5.67. The summed E-state index contributed by atoms with van der Waals surface area (Å²) in [4.78, 5) is 20.0. The van der Waals surface area contributed by atoms with Crippen molar-refractivity contribution in [2.24, 2.45) is 0 Å². The number of amides is 1. The van der Waals surface area contributed by atoms with Crippen molar-refractivity contribution < 1.29 is 9.18 Å². The molecule has 164 valence electrons. The van der Waals surface area contributed by atoms with E-state index < -0.39 is 11.7 Å². The quantitative estimate of drug-likeness (QED) is 0.381. The van der Waals surface area contributed by atoms with Gasteiger partial charge in [-0.2, -0.15) is 5.10 Å². The second-order valence-corrected chi connectivity index (χ2v) is 8.38. The molecule has 3 aromatic heterocycles. The van der Waals surface area contributed by atoms with Gasteiger partial charge in [-0.1, -0.05) is 17.7 Å². The van der Waals surface area contributed by atoms with Crippen LogP contribution < -0.4 is 5.32 Å². The number of pyridine rings is 1. The summed E-state index contributed by atoms with van der Waals surface area (Å²) in [5.41, 5.74) is 5.07. The summed E-state index contributed by atoms with van der Waals surface area (Å²) in [6, 6.07) is 12.9. The van der Waals surface area contributed by atoms with Gasteiger partial charge in [-0.3, -0.25) is 9.78 Å². The summed E-state index contributed by atoms with van der Waals surface area (Å²) in [6.45, 7) is 2.01. The second-order valence-electron chi connectivity index (χ2n) is 7.97. The van der Waals surface area contributed by atoms with E-state index in [4.69, 9.17) is 11.6 Å². The minimum absolute atomic E-state index is 0.00501. The van der Waals surface area contributed by atoms with Gasteiger partial charge in [0.15, 0.2) is 5.69 Å². The summed E-state index contributed by atoms with van der Waals surface area (Å²) >= 11 is 6.12. The highest BCUT2D eigenvalue weighted by atomic mass is 35.5. The maximum absolute atomic E-state index is 14.4. The number of aromatic amines is 1. The predicted molar refractivity (Wildman–Crippen MR) is 126 cm³/mol. The van der Waals surface area contributed by atoms with E-state index >= 15 is 0 Å². The molecule has 0 spiro atoms. The van der Waals surface area contributed by atoms with Gasteiger partial charge in [-0.15, -0.1) is 5.10 Å². The number of rotatable bonds is 5. The summed E-state index contributed by atoms with van der Waals surface area (Å²) in [5, 5.41) is 12.9. The Labute approximate surface area is 193 Å². The standard InChI is InChI=1S/C25H19ClFN5O/c1-14-4-17-6-15(2-3-22(17)28-10-14)5-16-7-24(32-31-11-16)25(33)30-12-18-8-19-20(26)13-29-23(19)9-21(18)27/h2-4,6-11,13,29H,5,12H2,1H3,(H,30,33). The zero-order chi connectivity index (χ0) is 22.9. The zero-order valence-corrected chi connectivity index (χ0v) is 18.4. The number of carbonyl (C=O) groups is 1. The molecule has 0 aliphatic carbocycles. The van der Waals surface area contributed by atoms with Crippen LogP contribution in [0.3, 0.4) is 0 Å². The third kappa shape index (κ3) is 4.40. The molecule has 0 fully saturated rings. The molecule has 0 saturated carbocycles. The fraction of sp³-hybridized carbons (Fsp3) is 0.120. The number of hydrogen-bond donors (Lipinski definition) is 2. The number of H-pyrrole nitrogens is 1. The average Bonchev–Trinajstić information content (AvgIpc) is 3.16. The Morgan fingerprint density at radius 3 is 2.88 bits per heavy atom. The molecule has 5 aromatic rings. The monoisotopic (exact) mass is 459 g/mol. The first kappa shape index (κ1) is 21.0. The van der Waals surface area contributed by atoms with Gasteiger partial charge in [-0.05, 0) is 66.4 Å². The van der Waals surface area contributed by atoms with Crippen molar-refractivity contribution in [2.75, 3.05) is 0 Å². The van der Waals surface area contributed by atoms with Crippen LogP contribution in [-0.4, -0.2) is 26.1 Å². The molecule has 8 heteroatoms. The molecule has 0 radical (unpaired) electrons. The first-order valence-electron chi connectivity index (χ1n) is 10.4. The SMILES string of the molecule is Cc1cnc2ccc(Cc3cnnc(C(=O)NCc4cc5c(Cl)c[nH]c5cc4F)c3)cc2c1. The summed E-state index contributed by atoms with van der Waals surface area (Å²) < 4.78 is 14.4. The Morgan fingerprint density at radius 1 is 1.12 bits per heavy atom. The van der Waals surface area contributed by atoms with Crippen LogP contribution >= 0.6 is 11.6 Å². The van der Waals surface area contributed by atoms with E-state index in [1.54, 1.807) is 24.5 Å². The molecule has 1 amide bonds. The van der Waals surface area contributed by atoms with Crippen LogP contribution in [0.15, 0.2) is 61.1 Å². The molecule has 0 saturated heterocycles. The Hall–Kier alpha value is -3.84. The Kier molecular flexibility index (Phi) is 5.48. The predicted octanol–water partition coefficient (Wildman–Crippen LogP) is 5.13. The largest absolute Gasteiger partial charge is 0.360 e. The van der Waals surface area contributed by atoms with Crippen molar-refractivity contribution in [1.29, 1.82) is 0 Å². The average molecular weight is 460 g/mol. The van der Waals surface area contributed by atoms with Gasteiger partial charge in [0.05, 0.1) is 16.7 Å². The molecule has 0 aliphatic heterocycles. The van der Waals surface area contributed by atoms with E-state index in [1.165, 1.54) is 6.07 Å². The summed E-state index contributed by atoms with van der Waals surface area (Å²) in [7, 11) is 0. The number of nitrogens with zero attached hydrogens (tertiary/aromatic N) is 3. The molecule has 3 heterocycles. The molecule has 0 bridgehead atoms. The Morgan fingerprint density at radius 2 is 2.00 bits per heavy atom. The first-order valence-corrected chi connectivity index (χ1v) is 10.7. The van der Waals surface area contributed by atoms with E-state index in [0.717, 1.165) is 27.6 Å². The van der Waals surface area contributed by atoms with Crippen LogP contribution in [0.25, 0.3) is 21.8 Å². The minimum atomic E-state index is -0.429. The number of benzene rings is 2. The van der Waals surface area contributed by atoms with Crippen molar-refractivity contribution in [2.45, 2.75) is 19.9 Å². The van der Waals surface area contributed by atoms with Crippen LogP contribution in [0.2, 0.25) is 5.02 Å². The van der Waals surface area contributed by atoms with Crippen LogP contribution in [0.1, 0.15) is 32.7 Å². The van der Waals surface area contributed by atoms with E-state index in [2.05, 4.69) is 37.6 Å². The highest BCUT2D eigenvalue weighted by Crippen LogP contribution is 2.26. The fourth-order valence-electron chi connectivity index (χ4n) is 3.81. The van der Waals surface area contributed by atoms with Gasteiger partial charge in [0.1, 0.15) is 5.82 Å².